The number of ether oxygens (including phenoxy) is 1. The van der Waals surface area contributed by atoms with Crippen LogP contribution in [-0.2, 0) is 4.79 Å². The van der Waals surface area contributed by atoms with Crippen LogP contribution in [-0.4, -0.2) is 45.5 Å². The Balaban J connectivity index is 1.54. The van der Waals surface area contributed by atoms with Crippen molar-refractivity contribution in [3.05, 3.63) is 47.9 Å². The van der Waals surface area contributed by atoms with Gasteiger partial charge in [0, 0.05) is 30.5 Å². The van der Waals surface area contributed by atoms with E-state index < -0.39 is 5.60 Å². The van der Waals surface area contributed by atoms with E-state index >= 15 is 0 Å². The Kier molecular flexibility index (Phi) is 4.57. The van der Waals surface area contributed by atoms with Gasteiger partial charge >= 0.3 is 0 Å². The van der Waals surface area contributed by atoms with Crippen molar-refractivity contribution in [2.75, 3.05) is 18.4 Å². The van der Waals surface area contributed by atoms with E-state index in [0.29, 0.717) is 29.7 Å². The molecular weight excluding hydrogens is 328 g/mol. The quantitative estimate of drug-likeness (QED) is 0.901. The molecule has 1 aliphatic rings. The van der Waals surface area contributed by atoms with Gasteiger partial charge in [0.15, 0.2) is 5.60 Å². The second-order valence-corrected chi connectivity index (χ2v) is 6.64. The zero-order valence-electron chi connectivity index (χ0n) is 13.6. The molecule has 1 fully saturated rings. The van der Waals surface area contributed by atoms with Gasteiger partial charge in [0.2, 0.25) is 0 Å². The summed E-state index contributed by atoms with van der Waals surface area (Å²) >= 11 is 5.86. The number of anilines is 1. The Morgan fingerprint density at radius 3 is 2.62 bits per heavy atom. The normalized spacial score (nSPS) is 14.9. The van der Waals surface area contributed by atoms with Crippen LogP contribution in [0, 0.1) is 0 Å². The summed E-state index contributed by atoms with van der Waals surface area (Å²) < 4.78 is 5.84. The van der Waals surface area contributed by atoms with E-state index in [9.17, 15) is 4.79 Å². The lowest BCUT2D eigenvalue weighted by molar-refractivity contribution is -0.149. The molecule has 1 saturated heterocycles. The Bertz CT molecular complexity index is 700. The summed E-state index contributed by atoms with van der Waals surface area (Å²) in [6.07, 6.45) is 4.92. The Hall–Kier alpha value is -2.34. The number of carbonyl (C=O) groups is 1. The maximum atomic E-state index is 12.6. The molecule has 1 aromatic heterocycles. The van der Waals surface area contributed by atoms with Gasteiger partial charge in [-0.05, 0) is 38.1 Å². The predicted octanol–water partition coefficient (Wildman–Crippen LogP) is 2.61. The van der Waals surface area contributed by atoms with Crippen LogP contribution >= 0.6 is 11.6 Å². The molecule has 24 heavy (non-hydrogen) atoms. The molecule has 6 nitrogen and oxygen atoms in total. The van der Waals surface area contributed by atoms with Gasteiger partial charge in [0.25, 0.3) is 5.91 Å². The number of benzene rings is 1. The van der Waals surface area contributed by atoms with Gasteiger partial charge in [-0.15, -0.1) is 0 Å². The first-order valence-electron chi connectivity index (χ1n) is 7.70. The Labute approximate surface area is 145 Å². The molecule has 1 aromatic carbocycles. The molecule has 0 bridgehead atoms. The minimum absolute atomic E-state index is 0.0466. The molecule has 0 radical (unpaired) electrons. The molecule has 0 saturated carbocycles. The maximum Gasteiger partial charge on any atom is 0.266 e. The first-order valence-corrected chi connectivity index (χ1v) is 8.08. The van der Waals surface area contributed by atoms with Crippen LogP contribution in [0.15, 0.2) is 42.9 Å². The maximum absolute atomic E-state index is 12.6. The molecule has 0 aliphatic carbocycles. The van der Waals surface area contributed by atoms with E-state index in [4.69, 9.17) is 16.3 Å². The van der Waals surface area contributed by atoms with Crippen LogP contribution in [0.25, 0.3) is 0 Å². The number of rotatable bonds is 5. The fraction of sp³-hybridized carbons (Fsp3) is 0.353. The van der Waals surface area contributed by atoms with Crippen LogP contribution in [0.4, 0.5) is 5.82 Å². The zero-order chi connectivity index (χ0) is 17.2. The monoisotopic (exact) mass is 346 g/mol. The summed E-state index contributed by atoms with van der Waals surface area (Å²) in [5, 5.41) is 3.88. The van der Waals surface area contributed by atoms with E-state index in [1.807, 2.05) is 0 Å². The smallest absolute Gasteiger partial charge is 0.266 e. The second kappa shape index (κ2) is 6.65. The molecule has 3 rings (SSSR count). The summed E-state index contributed by atoms with van der Waals surface area (Å²) in [7, 11) is 0. The number of hydrogen-bond acceptors (Lipinski definition) is 5. The molecule has 0 atom stereocenters. The summed E-state index contributed by atoms with van der Waals surface area (Å²) in [6.45, 7) is 4.77. The highest BCUT2D eigenvalue weighted by atomic mass is 35.5. The summed E-state index contributed by atoms with van der Waals surface area (Å²) in [5.41, 5.74) is -0.939. The molecule has 2 heterocycles. The number of amides is 1. The lowest BCUT2D eigenvalue weighted by Gasteiger charge is -2.43. The summed E-state index contributed by atoms with van der Waals surface area (Å²) in [4.78, 5) is 22.6. The standard InChI is InChI=1S/C17H19ClN4O2/c1-17(2,24-14-5-3-12(18)4-6-14)16(23)22-10-13(11-22)21-15-9-19-7-8-20-15/h3-9,13H,10-11H2,1-2H3,(H,20,21). The van der Waals surface area contributed by atoms with Gasteiger partial charge in [-0.2, -0.15) is 0 Å². The van der Waals surface area contributed by atoms with Crippen LogP contribution in [0.5, 0.6) is 5.75 Å². The van der Waals surface area contributed by atoms with Crippen molar-refractivity contribution in [2.24, 2.45) is 0 Å². The zero-order valence-corrected chi connectivity index (χ0v) is 14.3. The third-order valence-electron chi connectivity index (χ3n) is 3.79. The van der Waals surface area contributed by atoms with E-state index in [2.05, 4.69) is 15.3 Å². The van der Waals surface area contributed by atoms with Crippen molar-refractivity contribution in [2.45, 2.75) is 25.5 Å². The first-order chi connectivity index (χ1) is 11.4. The van der Waals surface area contributed by atoms with Gasteiger partial charge in [-0.3, -0.25) is 9.78 Å². The molecule has 7 heteroatoms. The molecule has 1 N–H and O–H groups in total. The van der Waals surface area contributed by atoms with Crippen molar-refractivity contribution in [1.29, 1.82) is 0 Å². The Morgan fingerprint density at radius 1 is 1.29 bits per heavy atom. The lowest BCUT2D eigenvalue weighted by atomic mass is 10.0. The van der Waals surface area contributed by atoms with Gasteiger partial charge in [-0.25, -0.2) is 4.98 Å². The molecular formula is C17H19ClN4O2. The SMILES string of the molecule is CC(C)(Oc1ccc(Cl)cc1)C(=O)N1CC(Nc2cnccn2)C1. The number of halogens is 1. The summed E-state index contributed by atoms with van der Waals surface area (Å²) in [5.74, 6) is 1.29. The van der Waals surface area contributed by atoms with E-state index in [1.54, 1.807) is 61.6 Å². The van der Waals surface area contributed by atoms with E-state index in [-0.39, 0.29) is 11.9 Å². The average molecular weight is 347 g/mol. The highest BCUT2D eigenvalue weighted by Crippen LogP contribution is 2.24. The summed E-state index contributed by atoms with van der Waals surface area (Å²) in [6, 6.07) is 7.17. The highest BCUT2D eigenvalue weighted by Gasteiger charge is 2.40. The number of nitrogens with zero attached hydrogens (tertiary/aromatic N) is 3. The molecule has 0 spiro atoms. The predicted molar refractivity (Wildman–Crippen MR) is 92.2 cm³/mol. The van der Waals surface area contributed by atoms with Crippen molar-refractivity contribution in [3.8, 4) is 5.75 Å². The van der Waals surface area contributed by atoms with Crippen LogP contribution in [0.3, 0.4) is 0 Å². The van der Waals surface area contributed by atoms with E-state index in [1.165, 1.54) is 0 Å². The van der Waals surface area contributed by atoms with Gasteiger partial charge in [-0.1, -0.05) is 11.6 Å². The van der Waals surface area contributed by atoms with Crippen molar-refractivity contribution in [3.63, 3.8) is 0 Å². The van der Waals surface area contributed by atoms with Crippen molar-refractivity contribution in [1.82, 2.24) is 14.9 Å². The first kappa shape index (κ1) is 16.5. The highest BCUT2D eigenvalue weighted by molar-refractivity contribution is 6.30. The number of carbonyl (C=O) groups excluding carboxylic acids is 1. The van der Waals surface area contributed by atoms with Crippen LogP contribution in [0.1, 0.15) is 13.8 Å². The minimum Gasteiger partial charge on any atom is -0.478 e. The number of likely N-dealkylation sites (tertiary alicyclic amines) is 1. The number of hydrogen-bond donors (Lipinski definition) is 1. The van der Waals surface area contributed by atoms with Crippen LogP contribution < -0.4 is 10.1 Å². The Morgan fingerprint density at radius 2 is 2.00 bits per heavy atom. The fourth-order valence-corrected chi connectivity index (χ4v) is 2.67. The van der Waals surface area contributed by atoms with Crippen molar-refractivity contribution < 1.29 is 9.53 Å². The fourth-order valence-electron chi connectivity index (χ4n) is 2.54. The van der Waals surface area contributed by atoms with Gasteiger partial charge < -0.3 is 15.0 Å². The largest absolute Gasteiger partial charge is 0.478 e. The molecule has 1 amide bonds. The average Bonchev–Trinajstić information content (AvgIpc) is 2.53. The molecule has 2 aromatic rings. The van der Waals surface area contributed by atoms with Gasteiger partial charge in [0.05, 0.1) is 12.2 Å². The third-order valence-corrected chi connectivity index (χ3v) is 4.04. The molecule has 0 unspecified atom stereocenters. The van der Waals surface area contributed by atoms with Crippen molar-refractivity contribution >= 4 is 23.3 Å². The third kappa shape index (κ3) is 3.76. The number of aromatic nitrogens is 2. The molecule has 126 valence electrons. The topological polar surface area (TPSA) is 67.3 Å². The second-order valence-electron chi connectivity index (χ2n) is 6.21. The van der Waals surface area contributed by atoms with Gasteiger partial charge in [0.1, 0.15) is 11.6 Å². The minimum atomic E-state index is -0.939. The molecule has 1 aliphatic heterocycles. The number of nitrogens with one attached hydrogen (secondary N) is 1. The lowest BCUT2D eigenvalue weighted by Crippen LogP contribution is -2.62. The van der Waals surface area contributed by atoms with E-state index in [0.717, 1.165) is 0 Å². The van der Waals surface area contributed by atoms with Crippen LogP contribution in [0.2, 0.25) is 5.02 Å².